The van der Waals surface area contributed by atoms with Gasteiger partial charge in [-0.15, -0.1) is 11.3 Å². The molecule has 1 atom stereocenters. The Labute approximate surface area is 148 Å². The molecule has 1 aromatic carbocycles. The molecule has 23 heavy (non-hydrogen) atoms. The Morgan fingerprint density at radius 2 is 2.00 bits per heavy atom. The van der Waals surface area contributed by atoms with Crippen molar-refractivity contribution in [2.24, 2.45) is 0 Å². The number of hydrogen-bond donors (Lipinski definition) is 1. The van der Waals surface area contributed by atoms with E-state index in [-0.39, 0.29) is 6.04 Å². The van der Waals surface area contributed by atoms with Gasteiger partial charge in [-0.25, -0.2) is 0 Å². The van der Waals surface area contributed by atoms with Gasteiger partial charge in [-0.1, -0.05) is 12.1 Å². The maximum Gasteiger partial charge on any atom is 0.174 e. The number of rotatable bonds is 6. The Hall–Kier alpha value is -1.43. The smallest absolute Gasteiger partial charge is 0.174 e. The van der Waals surface area contributed by atoms with Crippen molar-refractivity contribution in [3.05, 3.63) is 51.7 Å². The standard InChI is InChI=1S/C18H24N2OS2/c1-13-10-14(2)12-16(11-13)19-18(22)20(7-8-21-4)15(3)17-6-5-9-23-17/h5-6,9-12,15H,7-8H2,1-4H3,(H,19,22)/t15-/m0/s1. The van der Waals surface area contributed by atoms with Crippen LogP contribution in [0.25, 0.3) is 0 Å². The summed E-state index contributed by atoms with van der Waals surface area (Å²) in [7, 11) is 1.72. The highest BCUT2D eigenvalue weighted by Crippen LogP contribution is 2.25. The van der Waals surface area contributed by atoms with Gasteiger partial charge >= 0.3 is 0 Å². The van der Waals surface area contributed by atoms with Gasteiger partial charge < -0.3 is 15.0 Å². The lowest BCUT2D eigenvalue weighted by molar-refractivity contribution is 0.166. The van der Waals surface area contributed by atoms with Crippen molar-refractivity contribution < 1.29 is 4.74 Å². The maximum absolute atomic E-state index is 5.67. The number of hydrogen-bond acceptors (Lipinski definition) is 3. The molecule has 0 amide bonds. The van der Waals surface area contributed by atoms with E-state index >= 15 is 0 Å². The molecule has 1 N–H and O–H groups in total. The third-order valence-electron chi connectivity index (χ3n) is 3.69. The van der Waals surface area contributed by atoms with E-state index in [2.05, 4.69) is 66.7 Å². The highest BCUT2D eigenvalue weighted by molar-refractivity contribution is 7.80. The van der Waals surface area contributed by atoms with E-state index in [4.69, 9.17) is 17.0 Å². The molecular weight excluding hydrogens is 324 g/mol. The molecule has 5 heteroatoms. The number of aryl methyl sites for hydroxylation is 2. The molecule has 0 aliphatic carbocycles. The molecule has 2 rings (SSSR count). The molecule has 0 aliphatic heterocycles. The first kappa shape index (κ1) is 17.9. The van der Waals surface area contributed by atoms with Gasteiger partial charge in [0.2, 0.25) is 0 Å². The molecule has 3 nitrogen and oxygen atoms in total. The summed E-state index contributed by atoms with van der Waals surface area (Å²) in [5, 5.41) is 6.21. The first-order valence-electron chi connectivity index (χ1n) is 7.69. The molecule has 0 fully saturated rings. The fourth-order valence-electron chi connectivity index (χ4n) is 2.59. The van der Waals surface area contributed by atoms with Crippen LogP contribution in [0.1, 0.15) is 29.0 Å². The number of thiocarbonyl (C=S) groups is 1. The largest absolute Gasteiger partial charge is 0.383 e. The van der Waals surface area contributed by atoms with Gasteiger partial charge in [0.25, 0.3) is 0 Å². The zero-order valence-electron chi connectivity index (χ0n) is 14.1. The second-order valence-corrected chi connectivity index (χ2v) is 7.05. The summed E-state index contributed by atoms with van der Waals surface area (Å²) in [6.45, 7) is 7.77. The van der Waals surface area contributed by atoms with Gasteiger partial charge in [0, 0.05) is 24.2 Å². The second-order valence-electron chi connectivity index (χ2n) is 5.68. The van der Waals surface area contributed by atoms with E-state index in [1.807, 2.05) is 0 Å². The van der Waals surface area contributed by atoms with Crippen LogP contribution in [0.5, 0.6) is 0 Å². The zero-order valence-corrected chi connectivity index (χ0v) is 15.8. The number of ether oxygens (including phenoxy) is 1. The number of nitrogens with zero attached hydrogens (tertiary/aromatic N) is 1. The lowest BCUT2D eigenvalue weighted by Crippen LogP contribution is -2.38. The van der Waals surface area contributed by atoms with Gasteiger partial charge in [-0.3, -0.25) is 0 Å². The predicted octanol–water partition coefficient (Wildman–Crippen LogP) is 4.77. The lowest BCUT2D eigenvalue weighted by atomic mass is 10.1. The molecule has 0 unspecified atom stereocenters. The van der Waals surface area contributed by atoms with Crippen molar-refractivity contribution in [3.63, 3.8) is 0 Å². The minimum Gasteiger partial charge on any atom is -0.383 e. The van der Waals surface area contributed by atoms with Crippen LogP contribution in [0.15, 0.2) is 35.7 Å². The summed E-state index contributed by atoms with van der Waals surface area (Å²) in [5.41, 5.74) is 3.49. The Morgan fingerprint density at radius 3 is 2.57 bits per heavy atom. The summed E-state index contributed by atoms with van der Waals surface area (Å²) in [5.74, 6) is 0. The average Bonchev–Trinajstić information content (AvgIpc) is 3.00. The van der Waals surface area contributed by atoms with Crippen LogP contribution in [0.2, 0.25) is 0 Å². The highest BCUT2D eigenvalue weighted by Gasteiger charge is 2.19. The van der Waals surface area contributed by atoms with Gasteiger partial charge in [0.1, 0.15) is 0 Å². The van der Waals surface area contributed by atoms with E-state index in [1.165, 1.54) is 16.0 Å². The first-order chi connectivity index (χ1) is 11.0. The third-order valence-corrected chi connectivity index (χ3v) is 5.07. The Morgan fingerprint density at radius 1 is 1.30 bits per heavy atom. The topological polar surface area (TPSA) is 24.5 Å². The number of benzene rings is 1. The minimum absolute atomic E-state index is 0.219. The molecule has 0 aliphatic rings. The number of nitrogens with one attached hydrogen (secondary N) is 1. The van der Waals surface area contributed by atoms with Crippen molar-refractivity contribution in [2.75, 3.05) is 25.6 Å². The Balaban J connectivity index is 2.15. The fraction of sp³-hybridized carbons (Fsp3) is 0.389. The van der Waals surface area contributed by atoms with Crippen molar-refractivity contribution in [3.8, 4) is 0 Å². The normalized spacial score (nSPS) is 12.0. The van der Waals surface area contributed by atoms with Crippen LogP contribution in [0, 0.1) is 13.8 Å². The molecule has 1 heterocycles. The van der Waals surface area contributed by atoms with Gasteiger partial charge in [-0.2, -0.15) is 0 Å². The minimum atomic E-state index is 0.219. The van der Waals surface area contributed by atoms with Crippen molar-refractivity contribution in [2.45, 2.75) is 26.8 Å². The predicted molar refractivity (Wildman–Crippen MR) is 103 cm³/mol. The van der Waals surface area contributed by atoms with E-state index < -0.39 is 0 Å². The maximum atomic E-state index is 5.67. The monoisotopic (exact) mass is 348 g/mol. The molecule has 124 valence electrons. The third kappa shape index (κ3) is 5.03. The summed E-state index contributed by atoms with van der Waals surface area (Å²) < 4.78 is 5.25. The zero-order chi connectivity index (χ0) is 16.8. The summed E-state index contributed by atoms with van der Waals surface area (Å²) in [4.78, 5) is 3.48. The molecule has 0 spiro atoms. The van der Waals surface area contributed by atoms with Crippen molar-refractivity contribution >= 4 is 34.4 Å². The average molecular weight is 349 g/mol. The van der Waals surface area contributed by atoms with E-state index in [9.17, 15) is 0 Å². The van der Waals surface area contributed by atoms with Crippen LogP contribution in [-0.4, -0.2) is 30.3 Å². The molecule has 2 aromatic rings. The first-order valence-corrected chi connectivity index (χ1v) is 8.98. The Kier molecular flexibility index (Phi) is 6.57. The number of thiophene rings is 1. The van der Waals surface area contributed by atoms with E-state index in [0.717, 1.165) is 17.3 Å². The fourth-order valence-corrected chi connectivity index (χ4v) is 3.75. The van der Waals surface area contributed by atoms with Crippen LogP contribution in [0.4, 0.5) is 5.69 Å². The summed E-state index contributed by atoms with van der Waals surface area (Å²) in [6.07, 6.45) is 0. The number of methoxy groups -OCH3 is 1. The Bertz CT molecular complexity index is 620. The SMILES string of the molecule is COCCN(C(=S)Nc1cc(C)cc(C)c1)[C@@H](C)c1cccs1. The van der Waals surface area contributed by atoms with Crippen LogP contribution >= 0.6 is 23.6 Å². The molecular formula is C18H24N2OS2. The van der Waals surface area contributed by atoms with Gasteiger partial charge in [0.05, 0.1) is 12.6 Å². The highest BCUT2D eigenvalue weighted by atomic mass is 32.1. The van der Waals surface area contributed by atoms with Crippen LogP contribution < -0.4 is 5.32 Å². The molecule has 0 saturated heterocycles. The summed E-state index contributed by atoms with van der Waals surface area (Å²) >= 11 is 7.42. The summed E-state index contributed by atoms with van der Waals surface area (Å²) in [6, 6.07) is 10.8. The van der Waals surface area contributed by atoms with E-state index in [1.54, 1.807) is 18.4 Å². The quantitative estimate of drug-likeness (QED) is 0.760. The number of anilines is 1. The second kappa shape index (κ2) is 8.43. The lowest BCUT2D eigenvalue weighted by Gasteiger charge is -2.31. The molecule has 0 saturated carbocycles. The van der Waals surface area contributed by atoms with Crippen LogP contribution in [-0.2, 0) is 4.74 Å². The van der Waals surface area contributed by atoms with Crippen LogP contribution in [0.3, 0.4) is 0 Å². The van der Waals surface area contributed by atoms with Crippen molar-refractivity contribution in [1.82, 2.24) is 4.90 Å². The van der Waals surface area contributed by atoms with Crippen molar-refractivity contribution in [1.29, 1.82) is 0 Å². The molecule has 0 bridgehead atoms. The molecule has 0 radical (unpaired) electrons. The van der Waals surface area contributed by atoms with Gasteiger partial charge in [0.15, 0.2) is 5.11 Å². The van der Waals surface area contributed by atoms with Gasteiger partial charge in [-0.05, 0) is 67.7 Å². The molecule has 1 aromatic heterocycles. The van der Waals surface area contributed by atoms with E-state index in [0.29, 0.717) is 6.61 Å².